The number of carbonyl (C=O) groups excluding carboxylic acids is 1. The lowest BCUT2D eigenvalue weighted by atomic mass is 10.0. The Labute approximate surface area is 224 Å². The molecule has 4 rings (SSSR count). The molecule has 0 saturated heterocycles. The molecule has 196 valence electrons. The molecular formula is C32H35N3O3. The minimum Gasteiger partial charge on any atom is -0.489 e. The highest BCUT2D eigenvalue weighted by molar-refractivity contribution is 5.72. The fourth-order valence-electron chi connectivity index (χ4n) is 4.22. The van der Waals surface area contributed by atoms with Crippen molar-refractivity contribution >= 4 is 6.03 Å². The highest BCUT2D eigenvalue weighted by Gasteiger charge is 2.24. The van der Waals surface area contributed by atoms with E-state index in [-0.39, 0.29) is 12.1 Å². The molecule has 0 aromatic heterocycles. The Bertz CT molecular complexity index is 1220. The van der Waals surface area contributed by atoms with Crippen molar-refractivity contribution in [1.82, 2.24) is 10.6 Å². The zero-order chi connectivity index (χ0) is 26.4. The van der Waals surface area contributed by atoms with E-state index in [1.807, 2.05) is 103 Å². The van der Waals surface area contributed by atoms with Gasteiger partial charge in [-0.25, -0.2) is 4.79 Å². The van der Waals surface area contributed by atoms with Crippen LogP contribution in [0.4, 0.5) is 4.79 Å². The first-order chi connectivity index (χ1) is 18.7. The maximum Gasteiger partial charge on any atom is 0.312 e. The number of nitrogens with two attached hydrogens (primary N) is 1. The largest absolute Gasteiger partial charge is 0.489 e. The van der Waals surface area contributed by atoms with Gasteiger partial charge < -0.3 is 25.8 Å². The summed E-state index contributed by atoms with van der Waals surface area (Å²) in [6, 6.07) is 37.3. The van der Waals surface area contributed by atoms with Crippen molar-refractivity contribution in [2.75, 3.05) is 6.54 Å². The predicted octanol–water partition coefficient (Wildman–Crippen LogP) is 5.22. The van der Waals surface area contributed by atoms with E-state index in [1.165, 1.54) is 5.56 Å². The number of nitrogens with one attached hydrogen (secondary N) is 2. The summed E-state index contributed by atoms with van der Waals surface area (Å²) in [7, 11) is 0. The number of primary amides is 1. The Morgan fingerprint density at radius 3 is 1.82 bits per heavy atom. The average molecular weight is 510 g/mol. The zero-order valence-electron chi connectivity index (χ0n) is 21.5. The minimum absolute atomic E-state index is 0.305. The zero-order valence-corrected chi connectivity index (χ0v) is 21.5. The van der Waals surface area contributed by atoms with Gasteiger partial charge in [-0.05, 0) is 40.8 Å². The first-order valence-corrected chi connectivity index (χ1v) is 12.9. The van der Waals surface area contributed by atoms with Crippen molar-refractivity contribution in [3.8, 4) is 5.75 Å². The Balaban J connectivity index is 1.42. The molecule has 2 amide bonds. The van der Waals surface area contributed by atoms with Gasteiger partial charge in [-0.1, -0.05) is 103 Å². The number of rotatable bonds is 14. The third kappa shape index (κ3) is 9.07. The van der Waals surface area contributed by atoms with E-state index in [0.717, 1.165) is 22.4 Å². The maximum absolute atomic E-state index is 12.0. The summed E-state index contributed by atoms with van der Waals surface area (Å²) in [5.41, 5.74) is 10.00. The molecule has 2 atom stereocenters. The van der Waals surface area contributed by atoms with Gasteiger partial charge in [-0.15, -0.1) is 0 Å². The molecular weight excluding hydrogens is 474 g/mol. The number of ether oxygens (including phenoxy) is 2. The summed E-state index contributed by atoms with van der Waals surface area (Å²) >= 11 is 0. The predicted molar refractivity (Wildman–Crippen MR) is 151 cm³/mol. The highest BCUT2D eigenvalue weighted by Crippen LogP contribution is 2.17. The van der Waals surface area contributed by atoms with Crippen LogP contribution in [0.3, 0.4) is 0 Å². The molecule has 4 N–H and O–H groups in total. The second kappa shape index (κ2) is 14.6. The molecule has 0 spiro atoms. The Morgan fingerprint density at radius 2 is 1.24 bits per heavy atom. The second-order valence-corrected chi connectivity index (χ2v) is 9.19. The lowest BCUT2D eigenvalue weighted by Gasteiger charge is -2.28. The molecule has 38 heavy (non-hydrogen) atoms. The number of carbonyl (C=O) groups is 1. The van der Waals surface area contributed by atoms with Gasteiger partial charge >= 0.3 is 6.03 Å². The van der Waals surface area contributed by atoms with Crippen molar-refractivity contribution in [3.63, 3.8) is 0 Å². The van der Waals surface area contributed by atoms with E-state index in [2.05, 4.69) is 22.8 Å². The van der Waals surface area contributed by atoms with E-state index < -0.39 is 6.03 Å². The fraction of sp³-hybridized carbons (Fsp3) is 0.219. The van der Waals surface area contributed by atoms with Gasteiger partial charge in [-0.2, -0.15) is 0 Å². The van der Waals surface area contributed by atoms with Crippen molar-refractivity contribution in [2.45, 2.75) is 38.3 Å². The number of hydrogen-bond acceptors (Lipinski definition) is 4. The topological polar surface area (TPSA) is 85.6 Å². The van der Waals surface area contributed by atoms with Gasteiger partial charge in [0.2, 0.25) is 0 Å². The Morgan fingerprint density at radius 1 is 0.684 bits per heavy atom. The minimum atomic E-state index is -0.575. The monoisotopic (exact) mass is 509 g/mol. The van der Waals surface area contributed by atoms with E-state index in [1.54, 1.807) is 0 Å². The lowest BCUT2D eigenvalue weighted by molar-refractivity contribution is 0.0177. The van der Waals surface area contributed by atoms with Crippen LogP contribution in [0.15, 0.2) is 115 Å². The van der Waals surface area contributed by atoms with Gasteiger partial charge in [0.25, 0.3) is 0 Å². The van der Waals surface area contributed by atoms with Crippen molar-refractivity contribution in [2.24, 2.45) is 5.73 Å². The number of hydrogen-bond donors (Lipinski definition) is 3. The second-order valence-electron chi connectivity index (χ2n) is 9.19. The van der Waals surface area contributed by atoms with Crippen LogP contribution in [0.2, 0.25) is 0 Å². The quantitative estimate of drug-likeness (QED) is 0.218. The highest BCUT2D eigenvalue weighted by atomic mass is 16.5. The smallest absolute Gasteiger partial charge is 0.312 e. The standard InChI is InChI=1S/C32H35N3O3/c33-32(36)35-30(20-25-16-18-29(19-17-25)37-23-27-12-6-2-7-13-27)31(38-24-28-14-8-3-9-15-28)22-34-21-26-10-4-1-5-11-26/h1-19,30-31,34H,20-24H2,(H3,33,35,36)/t30-,31?/m1/s1. The van der Waals surface area contributed by atoms with Gasteiger partial charge in [-0.3, -0.25) is 0 Å². The molecule has 0 fully saturated rings. The summed E-state index contributed by atoms with van der Waals surface area (Å²) < 4.78 is 12.3. The van der Waals surface area contributed by atoms with Gasteiger partial charge in [0.05, 0.1) is 18.8 Å². The Kier molecular flexibility index (Phi) is 10.3. The number of urea groups is 1. The summed E-state index contributed by atoms with van der Waals surface area (Å²) in [6.45, 7) is 2.18. The molecule has 0 aliphatic carbocycles. The van der Waals surface area contributed by atoms with Crippen LogP contribution >= 0.6 is 0 Å². The lowest BCUT2D eigenvalue weighted by Crippen LogP contribution is -2.51. The molecule has 0 radical (unpaired) electrons. The normalized spacial score (nSPS) is 12.4. The van der Waals surface area contributed by atoms with E-state index in [0.29, 0.717) is 32.7 Å². The van der Waals surface area contributed by atoms with Crippen molar-refractivity contribution < 1.29 is 14.3 Å². The molecule has 0 bridgehead atoms. The van der Waals surface area contributed by atoms with Gasteiger partial charge in [0.15, 0.2) is 0 Å². The van der Waals surface area contributed by atoms with E-state index >= 15 is 0 Å². The van der Waals surface area contributed by atoms with Crippen molar-refractivity contribution in [3.05, 3.63) is 138 Å². The molecule has 0 heterocycles. The first kappa shape index (κ1) is 26.9. The summed E-state index contributed by atoms with van der Waals surface area (Å²) in [5.74, 6) is 0.790. The van der Waals surface area contributed by atoms with Crippen LogP contribution in [-0.2, 0) is 30.9 Å². The molecule has 4 aromatic carbocycles. The number of amides is 2. The summed E-state index contributed by atoms with van der Waals surface area (Å²) in [6.07, 6.45) is 0.259. The summed E-state index contributed by atoms with van der Waals surface area (Å²) in [5, 5.41) is 6.40. The molecule has 6 nitrogen and oxygen atoms in total. The van der Waals surface area contributed by atoms with E-state index in [4.69, 9.17) is 15.2 Å². The molecule has 6 heteroatoms. The van der Waals surface area contributed by atoms with Crippen LogP contribution in [0.1, 0.15) is 22.3 Å². The van der Waals surface area contributed by atoms with Crippen LogP contribution in [-0.4, -0.2) is 24.7 Å². The van der Waals surface area contributed by atoms with Gasteiger partial charge in [0.1, 0.15) is 12.4 Å². The third-order valence-corrected chi connectivity index (χ3v) is 6.23. The molecule has 0 saturated carbocycles. The molecule has 0 aliphatic rings. The average Bonchev–Trinajstić information content (AvgIpc) is 2.95. The van der Waals surface area contributed by atoms with Gasteiger partial charge in [0, 0.05) is 13.1 Å². The SMILES string of the molecule is NC(=O)N[C@H](Cc1ccc(OCc2ccccc2)cc1)C(CNCc1ccccc1)OCc1ccccc1. The molecule has 4 aromatic rings. The maximum atomic E-state index is 12.0. The van der Waals surface area contributed by atoms with Crippen LogP contribution < -0.4 is 21.1 Å². The molecule has 1 unspecified atom stereocenters. The van der Waals surface area contributed by atoms with Crippen molar-refractivity contribution in [1.29, 1.82) is 0 Å². The third-order valence-electron chi connectivity index (χ3n) is 6.23. The van der Waals surface area contributed by atoms with E-state index in [9.17, 15) is 4.79 Å². The van der Waals surface area contributed by atoms with Crippen LogP contribution in [0.5, 0.6) is 5.75 Å². The molecule has 0 aliphatic heterocycles. The van der Waals surface area contributed by atoms with Crippen LogP contribution in [0.25, 0.3) is 0 Å². The van der Waals surface area contributed by atoms with Crippen LogP contribution in [0, 0.1) is 0 Å². The summed E-state index contributed by atoms with van der Waals surface area (Å²) in [4.78, 5) is 12.0. The number of benzene rings is 4. The fourth-order valence-corrected chi connectivity index (χ4v) is 4.22. The Hall–Kier alpha value is -4.13. The first-order valence-electron chi connectivity index (χ1n) is 12.9.